The average Bonchev–Trinajstić information content (AvgIpc) is 2.66. The molecule has 5 N–H and O–H groups in total. The summed E-state index contributed by atoms with van der Waals surface area (Å²) in [6.45, 7) is 5.00. The van der Waals surface area contributed by atoms with Crippen molar-refractivity contribution in [2.24, 2.45) is 5.41 Å². The molecule has 0 heterocycles. The number of allylic oxidation sites excluding steroid dienone is 1. The molecule has 3 unspecified atom stereocenters. The molecule has 1 aliphatic carbocycles. The van der Waals surface area contributed by atoms with Crippen molar-refractivity contribution in [3.05, 3.63) is 59.1 Å². The zero-order chi connectivity index (χ0) is 19.2. The van der Waals surface area contributed by atoms with Crippen LogP contribution in [0.2, 0.25) is 0 Å². The molecule has 144 valence electrons. The first-order valence-electron chi connectivity index (χ1n) is 8.92. The maximum Gasteiger partial charge on any atom is 0.123 e. The molecular formula is C20H29FN2O3. The van der Waals surface area contributed by atoms with E-state index in [0.717, 1.165) is 5.56 Å². The van der Waals surface area contributed by atoms with Crippen LogP contribution in [0.15, 0.2) is 47.7 Å². The minimum Gasteiger partial charge on any atom is -0.508 e. The van der Waals surface area contributed by atoms with Crippen LogP contribution in [0.25, 0.3) is 0 Å². The molecule has 6 heteroatoms. The van der Waals surface area contributed by atoms with Gasteiger partial charge in [0.15, 0.2) is 0 Å². The summed E-state index contributed by atoms with van der Waals surface area (Å²) in [4.78, 5) is 0. The lowest BCUT2D eigenvalue weighted by Gasteiger charge is -2.34. The third-order valence-electron chi connectivity index (χ3n) is 5.10. The molecule has 3 atom stereocenters. The maximum atomic E-state index is 12.9. The smallest absolute Gasteiger partial charge is 0.123 e. The predicted molar refractivity (Wildman–Crippen MR) is 100 cm³/mol. The fourth-order valence-corrected chi connectivity index (χ4v) is 2.97. The van der Waals surface area contributed by atoms with Crippen molar-refractivity contribution in [2.45, 2.75) is 38.9 Å². The summed E-state index contributed by atoms with van der Waals surface area (Å²) in [7, 11) is 0. The molecule has 0 aliphatic heterocycles. The Kier molecular flexibility index (Phi) is 7.34. The Bertz CT molecular complexity index is 645. The van der Waals surface area contributed by atoms with Gasteiger partial charge >= 0.3 is 0 Å². The second-order valence-electron chi connectivity index (χ2n) is 7.14. The standard InChI is InChI=1S/C20H29FN2O3/c1-14(22-10-16-3-5-18(21)6-4-16)15(2)23-12-20(13-25)8-7-19(26)17(9-20)11-24/h3-8,14-15,22-26H,9-13H2,1-2H3. The lowest BCUT2D eigenvalue weighted by Crippen LogP contribution is -2.48. The summed E-state index contributed by atoms with van der Waals surface area (Å²) in [5, 5.41) is 35.8. The zero-order valence-corrected chi connectivity index (χ0v) is 15.4. The Morgan fingerprint density at radius 1 is 1.12 bits per heavy atom. The summed E-state index contributed by atoms with van der Waals surface area (Å²) in [6, 6.07) is 6.71. The van der Waals surface area contributed by atoms with Gasteiger partial charge in [-0.1, -0.05) is 18.2 Å². The fraction of sp³-hybridized carbons (Fsp3) is 0.500. The Labute approximate surface area is 154 Å². The first-order chi connectivity index (χ1) is 12.4. The summed E-state index contributed by atoms with van der Waals surface area (Å²) in [5.74, 6) is -0.159. The molecule has 0 radical (unpaired) electrons. The van der Waals surface area contributed by atoms with E-state index in [0.29, 0.717) is 25.1 Å². The third-order valence-corrected chi connectivity index (χ3v) is 5.10. The van der Waals surface area contributed by atoms with E-state index < -0.39 is 5.41 Å². The van der Waals surface area contributed by atoms with E-state index >= 15 is 0 Å². The molecule has 26 heavy (non-hydrogen) atoms. The van der Waals surface area contributed by atoms with Crippen LogP contribution in [0.1, 0.15) is 25.8 Å². The molecule has 1 aromatic rings. The normalized spacial score (nSPS) is 22.5. The average molecular weight is 364 g/mol. The molecule has 0 amide bonds. The van der Waals surface area contributed by atoms with Gasteiger partial charge in [-0.25, -0.2) is 4.39 Å². The number of halogens is 1. The minimum absolute atomic E-state index is 0.0720. The lowest BCUT2D eigenvalue weighted by molar-refractivity contribution is 0.150. The molecule has 2 rings (SSSR count). The van der Waals surface area contributed by atoms with Crippen LogP contribution in [0.4, 0.5) is 4.39 Å². The van der Waals surface area contributed by atoms with Gasteiger partial charge in [-0.3, -0.25) is 0 Å². The van der Waals surface area contributed by atoms with Crippen LogP contribution in [-0.2, 0) is 6.54 Å². The Hall–Kier alpha value is -1.73. The number of rotatable bonds is 9. The topological polar surface area (TPSA) is 84.8 Å². The summed E-state index contributed by atoms with van der Waals surface area (Å²) in [6.07, 6.45) is 3.77. The maximum absolute atomic E-state index is 12.9. The molecule has 0 aromatic heterocycles. The van der Waals surface area contributed by atoms with Crippen LogP contribution in [0.5, 0.6) is 0 Å². The molecule has 5 nitrogen and oxygen atoms in total. The van der Waals surface area contributed by atoms with Gasteiger partial charge in [0, 0.05) is 30.6 Å². The van der Waals surface area contributed by atoms with Gasteiger partial charge in [-0.2, -0.15) is 0 Å². The minimum atomic E-state index is -0.533. The van der Waals surface area contributed by atoms with E-state index in [-0.39, 0.29) is 36.9 Å². The Morgan fingerprint density at radius 2 is 1.77 bits per heavy atom. The number of nitrogens with one attached hydrogen (secondary N) is 2. The van der Waals surface area contributed by atoms with E-state index in [1.165, 1.54) is 12.1 Å². The number of aliphatic hydroxyl groups is 3. The van der Waals surface area contributed by atoms with Crippen LogP contribution >= 0.6 is 0 Å². The highest BCUT2D eigenvalue weighted by Crippen LogP contribution is 2.32. The SMILES string of the molecule is CC(NCc1ccc(F)cc1)C(C)NCC1(CO)C=CC(O)=C(CO)C1. The fourth-order valence-electron chi connectivity index (χ4n) is 2.97. The quantitative estimate of drug-likeness (QED) is 0.463. The lowest BCUT2D eigenvalue weighted by atomic mass is 9.78. The number of hydrogen-bond acceptors (Lipinski definition) is 5. The van der Waals surface area contributed by atoms with Gasteiger partial charge in [0.1, 0.15) is 11.6 Å². The van der Waals surface area contributed by atoms with Crippen LogP contribution < -0.4 is 10.6 Å². The van der Waals surface area contributed by atoms with Crippen LogP contribution in [0.3, 0.4) is 0 Å². The van der Waals surface area contributed by atoms with Gasteiger partial charge in [-0.15, -0.1) is 0 Å². The van der Waals surface area contributed by atoms with Crippen LogP contribution in [0, 0.1) is 11.2 Å². The summed E-state index contributed by atoms with van der Waals surface area (Å²) < 4.78 is 12.9. The van der Waals surface area contributed by atoms with Gasteiger partial charge in [0.05, 0.1) is 13.2 Å². The Balaban J connectivity index is 1.85. The van der Waals surface area contributed by atoms with Crippen molar-refractivity contribution in [1.29, 1.82) is 0 Å². The van der Waals surface area contributed by atoms with E-state index in [1.807, 2.05) is 0 Å². The number of hydrogen-bond donors (Lipinski definition) is 5. The van der Waals surface area contributed by atoms with Gasteiger partial charge in [0.2, 0.25) is 0 Å². The second-order valence-corrected chi connectivity index (χ2v) is 7.14. The second kappa shape index (κ2) is 9.28. The van der Waals surface area contributed by atoms with Crippen molar-refractivity contribution in [3.8, 4) is 0 Å². The molecular weight excluding hydrogens is 335 g/mol. The molecule has 0 fully saturated rings. The highest BCUT2D eigenvalue weighted by molar-refractivity contribution is 5.29. The van der Waals surface area contributed by atoms with Crippen molar-refractivity contribution >= 4 is 0 Å². The molecule has 1 aliphatic rings. The summed E-state index contributed by atoms with van der Waals surface area (Å²) in [5.41, 5.74) is 1.02. The largest absolute Gasteiger partial charge is 0.508 e. The van der Waals surface area contributed by atoms with E-state index in [9.17, 15) is 19.7 Å². The van der Waals surface area contributed by atoms with Crippen molar-refractivity contribution in [1.82, 2.24) is 10.6 Å². The monoisotopic (exact) mass is 364 g/mol. The first-order valence-corrected chi connectivity index (χ1v) is 8.92. The molecule has 0 bridgehead atoms. The van der Waals surface area contributed by atoms with Gasteiger partial charge in [0.25, 0.3) is 0 Å². The van der Waals surface area contributed by atoms with E-state index in [4.69, 9.17) is 0 Å². The van der Waals surface area contributed by atoms with E-state index in [1.54, 1.807) is 24.3 Å². The molecule has 0 saturated heterocycles. The summed E-state index contributed by atoms with van der Waals surface area (Å²) >= 11 is 0. The van der Waals surface area contributed by atoms with Crippen molar-refractivity contribution < 1.29 is 19.7 Å². The highest BCUT2D eigenvalue weighted by atomic mass is 19.1. The first kappa shape index (κ1) is 20.6. The van der Waals surface area contributed by atoms with E-state index in [2.05, 4.69) is 24.5 Å². The molecule has 0 spiro atoms. The number of benzene rings is 1. The van der Waals surface area contributed by atoms with Crippen molar-refractivity contribution in [3.63, 3.8) is 0 Å². The van der Waals surface area contributed by atoms with Crippen LogP contribution in [-0.4, -0.2) is 47.2 Å². The highest BCUT2D eigenvalue weighted by Gasteiger charge is 2.32. The predicted octanol–water partition coefficient (Wildman–Crippen LogP) is 2.02. The molecule has 0 saturated carbocycles. The molecule has 1 aromatic carbocycles. The Morgan fingerprint density at radius 3 is 2.38 bits per heavy atom. The van der Waals surface area contributed by atoms with Gasteiger partial charge < -0.3 is 26.0 Å². The number of aliphatic hydroxyl groups excluding tert-OH is 3. The van der Waals surface area contributed by atoms with Crippen molar-refractivity contribution in [2.75, 3.05) is 19.8 Å². The van der Waals surface area contributed by atoms with Gasteiger partial charge in [-0.05, 0) is 49.6 Å². The zero-order valence-electron chi connectivity index (χ0n) is 15.4. The third kappa shape index (κ3) is 5.38.